The molecule has 1 aliphatic rings. The Labute approximate surface area is 160 Å². The Balaban J connectivity index is 1.68. The molecule has 0 bridgehead atoms. The number of rotatable bonds is 4. The number of nitrogen functional groups attached to an aromatic ring is 1. The first-order valence-electron chi connectivity index (χ1n) is 8.83. The molecule has 0 saturated carbocycles. The molecule has 0 atom stereocenters. The number of likely N-dealkylation sites (tertiary alicyclic amines) is 1. The van der Waals surface area contributed by atoms with Crippen LogP contribution in [0.5, 0.6) is 0 Å². The number of nitrogens with zero attached hydrogens (tertiary/aromatic N) is 2. The molecular formula is C21H23N3O2S. The van der Waals surface area contributed by atoms with Crippen LogP contribution in [0.3, 0.4) is 0 Å². The lowest BCUT2D eigenvalue weighted by molar-refractivity contribution is 0.299. The zero-order valence-corrected chi connectivity index (χ0v) is 16.2. The van der Waals surface area contributed by atoms with Gasteiger partial charge in [-0.05, 0) is 54.2 Å². The number of hydrogen-bond donors (Lipinski definition) is 1. The third-order valence-corrected chi connectivity index (χ3v) is 6.30. The largest absolute Gasteiger partial charge is 0.398 e. The number of anilines is 1. The fourth-order valence-electron chi connectivity index (χ4n) is 3.56. The number of nitriles is 1. The molecule has 0 aliphatic carbocycles. The summed E-state index contributed by atoms with van der Waals surface area (Å²) in [7, 11) is -3.33. The van der Waals surface area contributed by atoms with E-state index in [9.17, 15) is 8.42 Å². The molecule has 0 unspecified atom stereocenters. The van der Waals surface area contributed by atoms with E-state index in [2.05, 4.69) is 17.5 Å². The van der Waals surface area contributed by atoms with Gasteiger partial charge < -0.3 is 10.6 Å². The second-order valence-electron chi connectivity index (χ2n) is 6.97. The first-order valence-corrected chi connectivity index (χ1v) is 10.7. The predicted molar refractivity (Wildman–Crippen MR) is 108 cm³/mol. The topological polar surface area (TPSA) is 87.2 Å². The van der Waals surface area contributed by atoms with Gasteiger partial charge in [0.25, 0.3) is 0 Å². The fourth-order valence-corrected chi connectivity index (χ4v) is 4.36. The fraction of sp³-hybridized carbons (Fsp3) is 0.286. The van der Waals surface area contributed by atoms with E-state index in [1.54, 1.807) is 18.2 Å². The van der Waals surface area contributed by atoms with E-state index in [1.807, 2.05) is 24.3 Å². The van der Waals surface area contributed by atoms with Crippen molar-refractivity contribution in [1.29, 1.82) is 5.26 Å². The predicted octanol–water partition coefficient (Wildman–Crippen LogP) is 3.39. The van der Waals surface area contributed by atoms with Crippen molar-refractivity contribution in [2.24, 2.45) is 0 Å². The summed E-state index contributed by atoms with van der Waals surface area (Å²) in [6, 6.07) is 15.0. The summed E-state index contributed by atoms with van der Waals surface area (Å²) in [4.78, 5) is 2.37. The maximum absolute atomic E-state index is 11.7. The van der Waals surface area contributed by atoms with Gasteiger partial charge in [-0.15, -0.1) is 0 Å². The van der Waals surface area contributed by atoms with Gasteiger partial charge in [-0.3, -0.25) is 0 Å². The van der Waals surface area contributed by atoms with Crippen LogP contribution in [0.4, 0.5) is 5.69 Å². The van der Waals surface area contributed by atoms with E-state index in [0.29, 0.717) is 11.5 Å². The van der Waals surface area contributed by atoms with E-state index in [-0.39, 0.29) is 10.6 Å². The Morgan fingerprint density at radius 3 is 2.33 bits per heavy atom. The number of hydrogen-bond acceptors (Lipinski definition) is 5. The van der Waals surface area contributed by atoms with Gasteiger partial charge >= 0.3 is 0 Å². The molecule has 1 fully saturated rings. The van der Waals surface area contributed by atoms with Crippen molar-refractivity contribution >= 4 is 21.2 Å². The summed E-state index contributed by atoms with van der Waals surface area (Å²) < 4.78 is 23.4. The lowest BCUT2D eigenvalue weighted by Crippen LogP contribution is -2.31. The maximum atomic E-state index is 11.7. The van der Waals surface area contributed by atoms with E-state index in [4.69, 9.17) is 11.0 Å². The van der Waals surface area contributed by atoms with Crippen LogP contribution in [0.25, 0.3) is 5.70 Å². The highest BCUT2D eigenvalue weighted by atomic mass is 32.2. The molecule has 2 aromatic carbocycles. The Kier molecular flexibility index (Phi) is 5.24. The van der Waals surface area contributed by atoms with Crippen LogP contribution in [-0.4, -0.2) is 32.7 Å². The maximum Gasteiger partial charge on any atom is 0.177 e. The summed E-state index contributed by atoms with van der Waals surface area (Å²) in [5.41, 5.74) is 9.84. The van der Waals surface area contributed by atoms with Crippen molar-refractivity contribution in [2.75, 3.05) is 25.1 Å². The zero-order valence-electron chi connectivity index (χ0n) is 15.4. The van der Waals surface area contributed by atoms with E-state index < -0.39 is 9.84 Å². The molecule has 27 heavy (non-hydrogen) atoms. The van der Waals surface area contributed by atoms with Gasteiger partial charge in [-0.2, -0.15) is 5.26 Å². The average molecular weight is 382 g/mol. The van der Waals surface area contributed by atoms with Crippen LogP contribution in [0, 0.1) is 11.3 Å². The molecule has 2 N–H and O–H groups in total. The standard InChI is InChI=1S/C21H23N3O2S/c1-15(19-7-8-21(20(23)13-19)27(2,25)26)24-11-9-18(10-12-24)17-5-3-16(14-22)4-6-17/h3-8,13,18H,1,9-12,23H2,2H3. The molecule has 6 heteroatoms. The Hall–Kier alpha value is -2.78. The Morgan fingerprint density at radius 1 is 1.19 bits per heavy atom. The summed E-state index contributed by atoms with van der Waals surface area (Å²) in [5, 5.41) is 8.92. The number of nitrogens with two attached hydrogens (primary N) is 1. The highest BCUT2D eigenvalue weighted by molar-refractivity contribution is 7.90. The summed E-state index contributed by atoms with van der Waals surface area (Å²) in [6.45, 7) is 5.93. The van der Waals surface area contributed by atoms with Crippen molar-refractivity contribution in [2.45, 2.75) is 23.7 Å². The van der Waals surface area contributed by atoms with Crippen LogP contribution in [0.1, 0.15) is 35.4 Å². The molecule has 0 radical (unpaired) electrons. The lowest BCUT2D eigenvalue weighted by atomic mass is 9.88. The van der Waals surface area contributed by atoms with Crippen LogP contribution in [0.15, 0.2) is 53.9 Å². The molecule has 140 valence electrons. The highest BCUT2D eigenvalue weighted by Crippen LogP contribution is 2.32. The second kappa shape index (κ2) is 7.45. The summed E-state index contributed by atoms with van der Waals surface area (Å²) in [5.74, 6) is 0.472. The second-order valence-corrected chi connectivity index (χ2v) is 8.95. The van der Waals surface area contributed by atoms with Gasteiger partial charge in [-0.25, -0.2) is 8.42 Å². The highest BCUT2D eigenvalue weighted by Gasteiger charge is 2.22. The van der Waals surface area contributed by atoms with Crippen molar-refractivity contribution in [1.82, 2.24) is 4.90 Å². The van der Waals surface area contributed by atoms with Gasteiger partial charge in [0.1, 0.15) is 0 Å². The monoisotopic (exact) mass is 381 g/mol. The van der Waals surface area contributed by atoms with Gasteiger partial charge in [0.05, 0.1) is 22.2 Å². The molecule has 2 aromatic rings. The Morgan fingerprint density at radius 2 is 1.81 bits per heavy atom. The number of sulfone groups is 1. The van der Waals surface area contributed by atoms with Crippen LogP contribution >= 0.6 is 0 Å². The van der Waals surface area contributed by atoms with Gasteiger partial charge in [0, 0.05) is 25.0 Å². The molecule has 5 nitrogen and oxygen atoms in total. The third-order valence-electron chi connectivity index (χ3n) is 5.13. The lowest BCUT2D eigenvalue weighted by Gasteiger charge is -2.35. The first-order chi connectivity index (χ1) is 12.8. The molecule has 0 amide bonds. The smallest absolute Gasteiger partial charge is 0.177 e. The zero-order chi connectivity index (χ0) is 19.6. The van der Waals surface area contributed by atoms with Gasteiger partial charge in [0.2, 0.25) is 0 Å². The minimum absolute atomic E-state index is 0.151. The molecule has 1 aliphatic heterocycles. The number of benzene rings is 2. The third kappa shape index (κ3) is 4.15. The normalized spacial score (nSPS) is 15.3. The van der Waals surface area contributed by atoms with Gasteiger partial charge in [0.15, 0.2) is 9.84 Å². The van der Waals surface area contributed by atoms with E-state index in [1.165, 1.54) is 5.56 Å². The number of piperidine rings is 1. The van der Waals surface area contributed by atoms with E-state index in [0.717, 1.165) is 43.4 Å². The average Bonchev–Trinajstić information content (AvgIpc) is 2.66. The molecule has 1 heterocycles. The molecule has 0 spiro atoms. The van der Waals surface area contributed by atoms with E-state index >= 15 is 0 Å². The van der Waals surface area contributed by atoms with Crippen LogP contribution < -0.4 is 5.73 Å². The summed E-state index contributed by atoms with van der Waals surface area (Å²) >= 11 is 0. The molecule has 0 aromatic heterocycles. The Bertz CT molecular complexity index is 997. The van der Waals surface area contributed by atoms with Crippen molar-refractivity contribution in [3.63, 3.8) is 0 Å². The van der Waals surface area contributed by atoms with Crippen LogP contribution in [0.2, 0.25) is 0 Å². The molecule has 3 rings (SSSR count). The quantitative estimate of drug-likeness (QED) is 0.820. The van der Waals surface area contributed by atoms with Crippen LogP contribution in [-0.2, 0) is 9.84 Å². The summed E-state index contributed by atoms with van der Waals surface area (Å²) in [6.07, 6.45) is 3.16. The van der Waals surface area contributed by atoms with Crippen molar-refractivity contribution in [3.05, 3.63) is 65.7 Å². The molecule has 1 saturated heterocycles. The minimum Gasteiger partial charge on any atom is -0.398 e. The molecular weight excluding hydrogens is 358 g/mol. The van der Waals surface area contributed by atoms with Crippen molar-refractivity contribution in [3.8, 4) is 6.07 Å². The van der Waals surface area contributed by atoms with Gasteiger partial charge in [-0.1, -0.05) is 24.8 Å². The minimum atomic E-state index is -3.33. The first kappa shape index (κ1) is 19.0. The SMILES string of the molecule is C=C(c1ccc(S(C)(=O)=O)c(N)c1)N1CCC(c2ccc(C#N)cc2)CC1. The van der Waals surface area contributed by atoms with Crippen molar-refractivity contribution < 1.29 is 8.42 Å².